The first kappa shape index (κ1) is 14.1. The lowest BCUT2D eigenvalue weighted by atomic mass is 9.72. The standard InChI is InChI=1S/C18H20FNO/c1-20-17(15-11-13-5-3-4-6-14(13)15)10-12-7-8-18(21-2)16(19)9-12/h3-9,15,17,20H,10-11H2,1-2H3. The average molecular weight is 285 g/mol. The molecule has 1 aliphatic carbocycles. The van der Waals surface area contributed by atoms with Gasteiger partial charge in [0.2, 0.25) is 0 Å². The molecule has 0 aliphatic heterocycles. The van der Waals surface area contributed by atoms with Crippen LogP contribution in [0.4, 0.5) is 4.39 Å². The zero-order chi connectivity index (χ0) is 14.8. The van der Waals surface area contributed by atoms with E-state index in [4.69, 9.17) is 4.74 Å². The second-order valence-corrected chi connectivity index (χ2v) is 5.58. The van der Waals surface area contributed by atoms with Gasteiger partial charge in [0.05, 0.1) is 7.11 Å². The van der Waals surface area contributed by atoms with Gasteiger partial charge in [-0.05, 0) is 48.7 Å². The molecule has 21 heavy (non-hydrogen) atoms. The molecule has 2 atom stereocenters. The summed E-state index contributed by atoms with van der Waals surface area (Å²) in [5, 5.41) is 3.39. The quantitative estimate of drug-likeness (QED) is 0.910. The number of nitrogens with one attached hydrogen (secondary N) is 1. The van der Waals surface area contributed by atoms with E-state index in [0.29, 0.717) is 17.7 Å². The zero-order valence-electron chi connectivity index (χ0n) is 12.4. The third-order valence-corrected chi connectivity index (χ3v) is 4.42. The molecule has 110 valence electrons. The topological polar surface area (TPSA) is 21.3 Å². The van der Waals surface area contributed by atoms with Crippen molar-refractivity contribution < 1.29 is 9.13 Å². The highest BCUT2D eigenvalue weighted by Gasteiger charge is 2.31. The van der Waals surface area contributed by atoms with Gasteiger partial charge in [-0.3, -0.25) is 0 Å². The third kappa shape index (κ3) is 2.66. The first-order valence-electron chi connectivity index (χ1n) is 7.30. The molecule has 0 fully saturated rings. The molecule has 1 N–H and O–H groups in total. The van der Waals surface area contributed by atoms with Crippen LogP contribution >= 0.6 is 0 Å². The van der Waals surface area contributed by atoms with Crippen LogP contribution in [0, 0.1) is 5.82 Å². The largest absolute Gasteiger partial charge is 0.494 e. The van der Waals surface area contributed by atoms with Crippen molar-refractivity contribution in [3.63, 3.8) is 0 Å². The van der Waals surface area contributed by atoms with Gasteiger partial charge < -0.3 is 10.1 Å². The van der Waals surface area contributed by atoms with E-state index in [1.807, 2.05) is 13.1 Å². The molecular formula is C18H20FNO. The van der Waals surface area contributed by atoms with Crippen LogP contribution in [-0.2, 0) is 12.8 Å². The molecule has 2 aromatic carbocycles. The van der Waals surface area contributed by atoms with Gasteiger partial charge in [0.15, 0.2) is 11.6 Å². The number of ether oxygens (including phenoxy) is 1. The minimum atomic E-state index is -0.293. The molecule has 3 heteroatoms. The SMILES string of the molecule is CNC(Cc1ccc(OC)c(F)c1)C1Cc2ccccc21. The fourth-order valence-corrected chi connectivity index (χ4v) is 3.19. The summed E-state index contributed by atoms with van der Waals surface area (Å²) in [6, 6.07) is 14.1. The summed E-state index contributed by atoms with van der Waals surface area (Å²) in [7, 11) is 3.46. The molecule has 0 amide bonds. The summed E-state index contributed by atoms with van der Waals surface area (Å²) >= 11 is 0. The van der Waals surface area contributed by atoms with E-state index in [-0.39, 0.29) is 5.82 Å². The van der Waals surface area contributed by atoms with Crippen LogP contribution in [0.1, 0.15) is 22.6 Å². The Kier molecular flexibility index (Phi) is 3.93. The van der Waals surface area contributed by atoms with Gasteiger partial charge in [0.1, 0.15) is 0 Å². The van der Waals surface area contributed by atoms with Crippen molar-refractivity contribution >= 4 is 0 Å². The molecule has 3 rings (SSSR count). The van der Waals surface area contributed by atoms with Gasteiger partial charge in [-0.25, -0.2) is 4.39 Å². The number of likely N-dealkylation sites (N-methyl/N-ethyl adjacent to an activating group) is 1. The van der Waals surface area contributed by atoms with E-state index in [1.54, 1.807) is 12.1 Å². The normalized spacial score (nSPS) is 17.8. The van der Waals surface area contributed by atoms with Crippen LogP contribution in [-0.4, -0.2) is 20.2 Å². The molecule has 1 aliphatic rings. The third-order valence-electron chi connectivity index (χ3n) is 4.42. The molecular weight excluding hydrogens is 265 g/mol. The Morgan fingerprint density at radius 1 is 1.29 bits per heavy atom. The number of benzene rings is 2. The van der Waals surface area contributed by atoms with Crippen molar-refractivity contribution in [1.29, 1.82) is 0 Å². The Morgan fingerprint density at radius 3 is 2.76 bits per heavy atom. The summed E-state index contributed by atoms with van der Waals surface area (Å²) in [6.45, 7) is 0. The van der Waals surface area contributed by atoms with Crippen molar-refractivity contribution in [1.82, 2.24) is 5.32 Å². The summed E-state index contributed by atoms with van der Waals surface area (Å²) in [4.78, 5) is 0. The predicted molar refractivity (Wildman–Crippen MR) is 82.4 cm³/mol. The molecule has 0 aromatic heterocycles. The van der Waals surface area contributed by atoms with Crippen molar-refractivity contribution in [2.24, 2.45) is 0 Å². The van der Waals surface area contributed by atoms with Crippen molar-refractivity contribution in [3.8, 4) is 5.75 Å². The van der Waals surface area contributed by atoms with E-state index in [2.05, 4.69) is 29.6 Å². The summed E-state index contributed by atoms with van der Waals surface area (Å²) in [6.07, 6.45) is 1.91. The van der Waals surface area contributed by atoms with Crippen LogP contribution in [0.3, 0.4) is 0 Å². The maximum Gasteiger partial charge on any atom is 0.165 e. The molecule has 0 spiro atoms. The first-order valence-corrected chi connectivity index (χ1v) is 7.30. The fraction of sp³-hybridized carbons (Fsp3) is 0.333. The van der Waals surface area contributed by atoms with Crippen LogP contribution < -0.4 is 10.1 Å². The number of hydrogen-bond donors (Lipinski definition) is 1. The molecule has 0 radical (unpaired) electrons. The highest BCUT2D eigenvalue weighted by atomic mass is 19.1. The van der Waals surface area contributed by atoms with Crippen LogP contribution in [0.5, 0.6) is 5.75 Å². The fourth-order valence-electron chi connectivity index (χ4n) is 3.19. The Hall–Kier alpha value is -1.87. The maximum absolute atomic E-state index is 13.8. The summed E-state index contributed by atoms with van der Waals surface area (Å²) in [5.41, 5.74) is 3.85. The second kappa shape index (κ2) is 5.86. The minimum absolute atomic E-state index is 0.293. The number of hydrogen-bond acceptors (Lipinski definition) is 2. The maximum atomic E-state index is 13.8. The number of fused-ring (bicyclic) bond motifs is 1. The number of methoxy groups -OCH3 is 1. The molecule has 2 unspecified atom stereocenters. The molecule has 0 heterocycles. The minimum Gasteiger partial charge on any atom is -0.494 e. The lowest BCUT2D eigenvalue weighted by molar-refractivity contribution is 0.385. The lowest BCUT2D eigenvalue weighted by Crippen LogP contribution is -2.39. The predicted octanol–water partition coefficient (Wildman–Crippen LogP) is 3.30. The molecule has 0 bridgehead atoms. The van der Waals surface area contributed by atoms with Gasteiger partial charge in [0.25, 0.3) is 0 Å². The second-order valence-electron chi connectivity index (χ2n) is 5.58. The molecule has 2 nitrogen and oxygen atoms in total. The lowest BCUT2D eigenvalue weighted by Gasteiger charge is -2.36. The Labute approximate surface area is 125 Å². The van der Waals surface area contributed by atoms with Crippen molar-refractivity contribution in [3.05, 3.63) is 65.0 Å². The highest BCUT2D eigenvalue weighted by molar-refractivity contribution is 5.42. The van der Waals surface area contributed by atoms with Crippen LogP contribution in [0.15, 0.2) is 42.5 Å². The van der Waals surface area contributed by atoms with E-state index < -0.39 is 0 Å². The van der Waals surface area contributed by atoms with Gasteiger partial charge >= 0.3 is 0 Å². The molecule has 2 aromatic rings. The van der Waals surface area contributed by atoms with E-state index >= 15 is 0 Å². The smallest absolute Gasteiger partial charge is 0.165 e. The summed E-state index contributed by atoms with van der Waals surface area (Å²) < 4.78 is 18.8. The van der Waals surface area contributed by atoms with E-state index in [0.717, 1.165) is 18.4 Å². The van der Waals surface area contributed by atoms with E-state index in [9.17, 15) is 4.39 Å². The van der Waals surface area contributed by atoms with E-state index in [1.165, 1.54) is 18.2 Å². The van der Waals surface area contributed by atoms with Gasteiger partial charge in [-0.2, -0.15) is 0 Å². The Balaban J connectivity index is 1.76. The highest BCUT2D eigenvalue weighted by Crippen LogP contribution is 2.38. The summed E-state index contributed by atoms with van der Waals surface area (Å²) in [5.74, 6) is 0.518. The van der Waals surface area contributed by atoms with Crippen LogP contribution in [0.2, 0.25) is 0 Å². The van der Waals surface area contributed by atoms with Crippen molar-refractivity contribution in [2.75, 3.05) is 14.2 Å². The van der Waals surface area contributed by atoms with Crippen LogP contribution in [0.25, 0.3) is 0 Å². The van der Waals surface area contributed by atoms with Gasteiger partial charge in [-0.1, -0.05) is 30.3 Å². The monoisotopic (exact) mass is 285 g/mol. The van der Waals surface area contributed by atoms with Crippen molar-refractivity contribution in [2.45, 2.75) is 24.8 Å². The Bertz CT molecular complexity index is 641. The molecule has 0 saturated heterocycles. The first-order chi connectivity index (χ1) is 10.2. The van der Waals surface area contributed by atoms with Gasteiger partial charge in [-0.15, -0.1) is 0 Å². The Morgan fingerprint density at radius 2 is 2.10 bits per heavy atom. The zero-order valence-corrected chi connectivity index (χ0v) is 12.4. The van der Waals surface area contributed by atoms with Gasteiger partial charge in [0, 0.05) is 12.0 Å². The number of halogens is 1. The number of rotatable bonds is 5. The average Bonchev–Trinajstić information content (AvgIpc) is 2.47. The molecule has 0 saturated carbocycles.